The van der Waals surface area contributed by atoms with Crippen LogP contribution in [0.2, 0.25) is 0 Å². The van der Waals surface area contributed by atoms with Crippen molar-refractivity contribution < 1.29 is 17.9 Å². The number of hydrogen-bond acceptors (Lipinski definition) is 4. The van der Waals surface area contributed by atoms with E-state index in [1.54, 1.807) is 19.2 Å². The average molecular weight is 373 g/mol. The van der Waals surface area contributed by atoms with Crippen LogP contribution in [0, 0.1) is 0 Å². The quantitative estimate of drug-likeness (QED) is 0.796. The zero-order valence-electron chi connectivity index (χ0n) is 14.4. The molecule has 8 heteroatoms. The average Bonchev–Trinajstić information content (AvgIpc) is 2.67. The summed E-state index contributed by atoms with van der Waals surface area (Å²) in [5, 5.41) is 2.83. The number of aromatic nitrogens is 1. The van der Waals surface area contributed by atoms with Gasteiger partial charge in [-0.1, -0.05) is 36.4 Å². The highest BCUT2D eigenvalue weighted by atomic mass is 32.2. The van der Waals surface area contributed by atoms with Gasteiger partial charge in [0, 0.05) is 24.5 Å². The van der Waals surface area contributed by atoms with Crippen LogP contribution in [0.4, 0.5) is 0 Å². The van der Waals surface area contributed by atoms with Crippen molar-refractivity contribution in [1.29, 1.82) is 0 Å². The van der Waals surface area contributed by atoms with E-state index in [9.17, 15) is 13.2 Å². The first kappa shape index (κ1) is 18.1. The van der Waals surface area contributed by atoms with Crippen LogP contribution in [-0.2, 0) is 21.5 Å². The summed E-state index contributed by atoms with van der Waals surface area (Å²) in [7, 11) is -3.56. The number of quaternary nitrogens is 1. The number of carbonyl (C=O) groups excluding carboxylic acids is 1. The van der Waals surface area contributed by atoms with Crippen molar-refractivity contribution in [2.45, 2.75) is 19.5 Å². The van der Waals surface area contributed by atoms with Crippen LogP contribution in [-0.4, -0.2) is 30.2 Å². The van der Waals surface area contributed by atoms with E-state index in [2.05, 4.69) is 10.3 Å². The van der Waals surface area contributed by atoms with Gasteiger partial charge in [-0.2, -0.15) is 8.42 Å². The smallest absolute Gasteiger partial charge is 0.346 e. The molecule has 1 aliphatic heterocycles. The van der Waals surface area contributed by atoms with Crippen molar-refractivity contribution in [2.75, 3.05) is 6.54 Å². The molecule has 1 aliphatic rings. The minimum absolute atomic E-state index is 0.261. The highest BCUT2D eigenvalue weighted by Crippen LogP contribution is 2.23. The van der Waals surface area contributed by atoms with Gasteiger partial charge in [-0.3, -0.25) is 9.78 Å². The number of hydrogen-bond donors (Lipinski definition) is 2. The Morgan fingerprint density at radius 2 is 1.92 bits per heavy atom. The molecule has 26 heavy (non-hydrogen) atoms. The maximum atomic E-state index is 12.8. The van der Waals surface area contributed by atoms with E-state index in [1.807, 2.05) is 42.5 Å². The molecule has 1 unspecified atom stereocenters. The van der Waals surface area contributed by atoms with Gasteiger partial charge >= 0.3 is 10.2 Å². The summed E-state index contributed by atoms with van der Waals surface area (Å²) in [4.78, 5) is 17.0. The number of nitrogens with two attached hydrogens (primary N) is 1. The Bertz CT molecular complexity index is 899. The summed E-state index contributed by atoms with van der Waals surface area (Å²) in [5.41, 5.74) is 1.88. The summed E-state index contributed by atoms with van der Waals surface area (Å²) >= 11 is 0. The molecule has 1 aromatic heterocycles. The molecule has 2 heterocycles. The van der Waals surface area contributed by atoms with Gasteiger partial charge < -0.3 is 5.32 Å². The zero-order valence-corrected chi connectivity index (χ0v) is 15.2. The van der Waals surface area contributed by atoms with E-state index in [4.69, 9.17) is 0 Å². The molecule has 0 bridgehead atoms. The Kier molecular flexibility index (Phi) is 5.34. The molecule has 0 saturated carbocycles. The monoisotopic (exact) mass is 373 g/mol. The fourth-order valence-corrected chi connectivity index (χ4v) is 4.22. The number of rotatable bonds is 5. The summed E-state index contributed by atoms with van der Waals surface area (Å²) in [6.07, 6.45) is 3.09. The Labute approximate surface area is 152 Å². The minimum Gasteiger partial charge on any atom is -0.346 e. The van der Waals surface area contributed by atoms with Crippen molar-refractivity contribution in [2.24, 2.45) is 0 Å². The molecule has 0 spiro atoms. The van der Waals surface area contributed by atoms with Crippen molar-refractivity contribution in [1.82, 2.24) is 14.6 Å². The lowest BCUT2D eigenvalue weighted by Crippen LogP contribution is -2.92. The highest BCUT2D eigenvalue weighted by Gasteiger charge is 2.38. The number of pyridine rings is 1. The third-order valence-electron chi connectivity index (χ3n) is 4.14. The van der Waals surface area contributed by atoms with E-state index >= 15 is 0 Å². The Morgan fingerprint density at radius 3 is 2.58 bits per heavy atom. The molecule has 1 aromatic carbocycles. The summed E-state index contributed by atoms with van der Waals surface area (Å²) in [6, 6.07) is 14.0. The van der Waals surface area contributed by atoms with Crippen molar-refractivity contribution in [3.8, 4) is 0 Å². The second-order valence-corrected chi connectivity index (χ2v) is 7.63. The lowest BCUT2D eigenvalue weighted by atomic mass is 9.99. The van der Waals surface area contributed by atoms with Gasteiger partial charge in [0.2, 0.25) is 0 Å². The fraction of sp³-hybridized carbons (Fsp3) is 0.222. The minimum atomic E-state index is -3.56. The van der Waals surface area contributed by atoms with E-state index in [0.717, 1.165) is 11.3 Å². The van der Waals surface area contributed by atoms with Gasteiger partial charge in [-0.15, -0.1) is 0 Å². The lowest BCUT2D eigenvalue weighted by Gasteiger charge is -2.28. The first-order valence-corrected chi connectivity index (χ1v) is 9.83. The van der Waals surface area contributed by atoms with Crippen molar-refractivity contribution in [3.05, 3.63) is 77.8 Å². The molecule has 1 amide bonds. The predicted octanol–water partition coefficient (Wildman–Crippen LogP) is 0.467. The van der Waals surface area contributed by atoms with Gasteiger partial charge in [0.05, 0.1) is 17.8 Å². The number of carbonyl (C=O) groups is 1. The molecule has 0 aliphatic carbocycles. The summed E-state index contributed by atoms with van der Waals surface area (Å²) in [6.45, 7) is 2.27. The van der Waals surface area contributed by atoms with Gasteiger partial charge in [-0.25, -0.2) is 9.03 Å². The molecule has 7 nitrogen and oxygen atoms in total. The fourth-order valence-electron chi connectivity index (χ4n) is 2.80. The third-order valence-corrected chi connectivity index (χ3v) is 5.78. The molecule has 1 atom stereocenters. The molecule has 0 radical (unpaired) electrons. The van der Waals surface area contributed by atoms with E-state index in [0.29, 0.717) is 5.57 Å². The predicted molar refractivity (Wildman–Crippen MR) is 96.6 cm³/mol. The van der Waals surface area contributed by atoms with Gasteiger partial charge in [0.1, 0.15) is 0 Å². The molecule has 2 aromatic rings. The topological polar surface area (TPSA) is 96.0 Å². The van der Waals surface area contributed by atoms with E-state index in [1.165, 1.54) is 15.2 Å². The van der Waals surface area contributed by atoms with Crippen LogP contribution in [0.3, 0.4) is 0 Å². The standard InChI is InChI=1S/C18H20N4O3S/c1-2-22-13-16(18(23)20-12-15-10-6-7-11-19-15)17(21-26(22,24)25)14-8-4-3-5-9-14/h3-11,13,17,21H,2,12H2,1H3,(H,20,23)/p+1. The van der Waals surface area contributed by atoms with Gasteiger partial charge in [0.25, 0.3) is 5.91 Å². The van der Waals surface area contributed by atoms with Gasteiger partial charge in [0.15, 0.2) is 6.04 Å². The van der Waals surface area contributed by atoms with Crippen LogP contribution in [0.25, 0.3) is 0 Å². The Balaban J connectivity index is 1.89. The van der Waals surface area contributed by atoms with Crippen LogP contribution < -0.4 is 10.0 Å². The molecule has 136 valence electrons. The molecule has 0 fully saturated rings. The number of nitrogens with zero attached hydrogens (tertiary/aromatic N) is 2. The van der Waals surface area contributed by atoms with E-state index in [-0.39, 0.29) is 19.0 Å². The van der Waals surface area contributed by atoms with Crippen molar-refractivity contribution >= 4 is 16.1 Å². The largest absolute Gasteiger partial charge is 0.393 e. The van der Waals surface area contributed by atoms with Crippen LogP contribution in [0.5, 0.6) is 0 Å². The highest BCUT2D eigenvalue weighted by molar-refractivity contribution is 7.82. The molecule has 3 N–H and O–H groups in total. The number of nitrogens with one attached hydrogen (secondary N) is 1. The van der Waals surface area contributed by atoms with E-state index < -0.39 is 16.3 Å². The lowest BCUT2D eigenvalue weighted by molar-refractivity contribution is -0.542. The van der Waals surface area contributed by atoms with Crippen molar-refractivity contribution in [3.63, 3.8) is 0 Å². The number of amides is 1. The second kappa shape index (κ2) is 7.67. The maximum absolute atomic E-state index is 12.8. The third kappa shape index (κ3) is 3.92. The number of benzene rings is 1. The molecule has 0 saturated heterocycles. The molecular weight excluding hydrogens is 352 g/mol. The SMILES string of the molecule is CCN1C=C(C(=O)NCc2ccccn2)C(c2ccccc2)[NH2+]S1(=O)=O. The van der Waals surface area contributed by atoms with Crippen LogP contribution in [0.15, 0.2) is 66.5 Å². The second-order valence-electron chi connectivity index (χ2n) is 5.86. The maximum Gasteiger partial charge on any atom is 0.393 e. The van der Waals surface area contributed by atoms with Gasteiger partial charge in [-0.05, 0) is 19.1 Å². The summed E-state index contributed by atoms with van der Waals surface area (Å²) in [5.74, 6) is -0.311. The molecular formula is C18H21N4O3S+. The first-order chi connectivity index (χ1) is 12.5. The normalized spacial score (nSPS) is 18.9. The Hall–Kier alpha value is -2.71. The van der Waals surface area contributed by atoms with Crippen LogP contribution in [0.1, 0.15) is 24.2 Å². The Morgan fingerprint density at radius 1 is 1.19 bits per heavy atom. The summed E-state index contributed by atoms with van der Waals surface area (Å²) < 4.78 is 27.3. The zero-order chi connectivity index (χ0) is 18.6. The van der Waals surface area contributed by atoms with Crippen LogP contribution >= 0.6 is 0 Å². The first-order valence-electron chi connectivity index (χ1n) is 8.32. The molecule has 3 rings (SSSR count).